The zero-order valence-corrected chi connectivity index (χ0v) is 12.1. The average molecular weight is 267 g/mol. The lowest BCUT2D eigenvalue weighted by molar-refractivity contribution is 0.296. The maximum atomic E-state index is 12.5. The first-order chi connectivity index (χ1) is 8.27. The highest BCUT2D eigenvalue weighted by Gasteiger charge is 2.27. The summed E-state index contributed by atoms with van der Waals surface area (Å²) in [6.45, 7) is 10.5. The minimum Gasteiger partial charge on any atom is -0.207 e. The normalized spacial score (nSPS) is 12.7. The monoisotopic (exact) mass is 267 g/mol. The van der Waals surface area contributed by atoms with E-state index in [-0.39, 0.29) is 5.41 Å². The fraction of sp³-hybridized carbons (Fsp3) is 0.429. The second kappa shape index (κ2) is 5.67. The number of hydrogen-bond donors (Lipinski definition) is 0. The summed E-state index contributed by atoms with van der Waals surface area (Å²) in [5.41, 5.74) is -0.0924. The van der Waals surface area contributed by atoms with Crippen LogP contribution in [0, 0.1) is 5.41 Å². The standard InChI is InChI=1S/C14H21NO2S/c1-5-11-15(12-14(2,3)4)18(16,17)13-9-7-6-8-10-13/h5-10H,1,11-12H2,2-4H3. The highest BCUT2D eigenvalue weighted by molar-refractivity contribution is 7.89. The summed E-state index contributed by atoms with van der Waals surface area (Å²) in [4.78, 5) is 0.330. The van der Waals surface area contributed by atoms with E-state index in [1.165, 1.54) is 4.31 Å². The van der Waals surface area contributed by atoms with Crippen LogP contribution in [0.25, 0.3) is 0 Å². The Bertz CT molecular complexity index is 486. The van der Waals surface area contributed by atoms with Crippen LogP contribution in [0.5, 0.6) is 0 Å². The van der Waals surface area contributed by atoms with E-state index in [4.69, 9.17) is 0 Å². The van der Waals surface area contributed by atoms with Gasteiger partial charge < -0.3 is 0 Å². The van der Waals surface area contributed by atoms with Gasteiger partial charge in [0, 0.05) is 13.1 Å². The molecule has 0 fully saturated rings. The minimum absolute atomic E-state index is 0.0924. The molecular weight excluding hydrogens is 246 g/mol. The first kappa shape index (κ1) is 14.9. The Labute approximate surface area is 110 Å². The van der Waals surface area contributed by atoms with Gasteiger partial charge in [-0.25, -0.2) is 8.42 Å². The number of nitrogens with zero attached hydrogens (tertiary/aromatic N) is 1. The third kappa shape index (κ3) is 3.96. The largest absolute Gasteiger partial charge is 0.243 e. The zero-order chi connectivity index (χ0) is 13.8. The van der Waals surface area contributed by atoms with E-state index < -0.39 is 10.0 Å². The van der Waals surface area contributed by atoms with E-state index in [0.717, 1.165) is 0 Å². The summed E-state index contributed by atoms with van der Waals surface area (Å²) in [5, 5.41) is 0. The predicted octanol–water partition coefficient (Wildman–Crippen LogP) is 2.91. The van der Waals surface area contributed by atoms with Gasteiger partial charge in [0.05, 0.1) is 4.90 Å². The van der Waals surface area contributed by atoms with Crippen LogP contribution in [-0.4, -0.2) is 25.8 Å². The van der Waals surface area contributed by atoms with Crippen molar-refractivity contribution in [2.45, 2.75) is 25.7 Å². The van der Waals surface area contributed by atoms with Crippen molar-refractivity contribution >= 4 is 10.0 Å². The Balaban J connectivity index is 3.09. The molecule has 0 unspecified atom stereocenters. The van der Waals surface area contributed by atoms with Crippen LogP contribution in [-0.2, 0) is 10.0 Å². The van der Waals surface area contributed by atoms with Crippen LogP contribution in [0.2, 0.25) is 0 Å². The molecule has 0 spiro atoms. The molecule has 0 aliphatic rings. The van der Waals surface area contributed by atoms with Crippen molar-refractivity contribution in [2.24, 2.45) is 5.41 Å². The van der Waals surface area contributed by atoms with Gasteiger partial charge >= 0.3 is 0 Å². The van der Waals surface area contributed by atoms with Crippen molar-refractivity contribution in [3.05, 3.63) is 43.0 Å². The van der Waals surface area contributed by atoms with Gasteiger partial charge in [0.25, 0.3) is 0 Å². The van der Waals surface area contributed by atoms with Crippen molar-refractivity contribution in [3.8, 4) is 0 Å². The molecule has 1 aromatic carbocycles. The zero-order valence-electron chi connectivity index (χ0n) is 11.3. The summed E-state index contributed by atoms with van der Waals surface area (Å²) >= 11 is 0. The third-order valence-corrected chi connectivity index (χ3v) is 4.19. The Morgan fingerprint density at radius 1 is 1.22 bits per heavy atom. The van der Waals surface area contributed by atoms with Crippen LogP contribution in [0.3, 0.4) is 0 Å². The van der Waals surface area contributed by atoms with Crippen LogP contribution < -0.4 is 0 Å². The Kier molecular flexibility index (Phi) is 4.71. The van der Waals surface area contributed by atoms with E-state index in [1.54, 1.807) is 36.4 Å². The molecule has 1 rings (SSSR count). The summed E-state index contributed by atoms with van der Waals surface area (Å²) in [7, 11) is -3.43. The van der Waals surface area contributed by atoms with Crippen molar-refractivity contribution < 1.29 is 8.42 Å². The molecule has 0 N–H and O–H groups in total. The van der Waals surface area contributed by atoms with Gasteiger partial charge in [0.2, 0.25) is 10.0 Å². The molecule has 0 atom stereocenters. The molecule has 3 nitrogen and oxygen atoms in total. The summed E-state index contributed by atoms with van der Waals surface area (Å²) < 4.78 is 26.4. The fourth-order valence-electron chi connectivity index (χ4n) is 1.66. The lowest BCUT2D eigenvalue weighted by Gasteiger charge is -2.28. The van der Waals surface area contributed by atoms with E-state index in [9.17, 15) is 8.42 Å². The summed E-state index contributed by atoms with van der Waals surface area (Å²) in [6.07, 6.45) is 1.62. The van der Waals surface area contributed by atoms with Gasteiger partial charge in [-0.15, -0.1) is 6.58 Å². The molecule has 0 aliphatic carbocycles. The molecule has 100 valence electrons. The lowest BCUT2D eigenvalue weighted by Crippen LogP contribution is -2.37. The highest BCUT2D eigenvalue weighted by Crippen LogP contribution is 2.21. The number of hydrogen-bond acceptors (Lipinski definition) is 2. The van der Waals surface area contributed by atoms with Crippen LogP contribution in [0.15, 0.2) is 47.9 Å². The number of sulfonamides is 1. The molecule has 0 radical (unpaired) electrons. The van der Waals surface area contributed by atoms with Crippen molar-refractivity contribution in [2.75, 3.05) is 13.1 Å². The fourth-order valence-corrected chi connectivity index (χ4v) is 3.32. The SMILES string of the molecule is C=CCN(CC(C)(C)C)S(=O)(=O)c1ccccc1. The van der Waals surface area contributed by atoms with E-state index in [2.05, 4.69) is 6.58 Å². The average Bonchev–Trinajstić information content (AvgIpc) is 2.28. The van der Waals surface area contributed by atoms with Crippen molar-refractivity contribution in [1.82, 2.24) is 4.31 Å². The Morgan fingerprint density at radius 2 is 1.78 bits per heavy atom. The van der Waals surface area contributed by atoms with Gasteiger partial charge in [-0.2, -0.15) is 4.31 Å². The van der Waals surface area contributed by atoms with Crippen LogP contribution in [0.1, 0.15) is 20.8 Å². The third-order valence-electron chi connectivity index (χ3n) is 2.36. The molecule has 0 saturated carbocycles. The van der Waals surface area contributed by atoms with Crippen molar-refractivity contribution in [1.29, 1.82) is 0 Å². The van der Waals surface area contributed by atoms with Gasteiger partial charge in [0.1, 0.15) is 0 Å². The maximum Gasteiger partial charge on any atom is 0.243 e. The molecule has 0 aliphatic heterocycles. The number of benzene rings is 1. The molecule has 1 aromatic rings. The summed E-state index contributed by atoms with van der Waals surface area (Å²) in [5.74, 6) is 0. The van der Waals surface area contributed by atoms with E-state index >= 15 is 0 Å². The van der Waals surface area contributed by atoms with Crippen LogP contribution >= 0.6 is 0 Å². The smallest absolute Gasteiger partial charge is 0.207 e. The van der Waals surface area contributed by atoms with Gasteiger partial charge in [-0.1, -0.05) is 45.0 Å². The topological polar surface area (TPSA) is 37.4 Å². The molecule has 0 aromatic heterocycles. The minimum atomic E-state index is -3.43. The van der Waals surface area contributed by atoms with Gasteiger partial charge in [0.15, 0.2) is 0 Å². The Hall–Kier alpha value is -1.13. The Morgan fingerprint density at radius 3 is 2.22 bits per heavy atom. The molecule has 0 amide bonds. The lowest BCUT2D eigenvalue weighted by atomic mass is 9.97. The number of rotatable bonds is 5. The second-order valence-electron chi connectivity index (χ2n) is 5.46. The molecular formula is C14H21NO2S. The molecule has 0 saturated heterocycles. The van der Waals surface area contributed by atoms with E-state index in [0.29, 0.717) is 18.0 Å². The molecule has 0 bridgehead atoms. The first-order valence-electron chi connectivity index (χ1n) is 5.93. The van der Waals surface area contributed by atoms with Crippen molar-refractivity contribution in [3.63, 3.8) is 0 Å². The van der Waals surface area contributed by atoms with Crippen LogP contribution in [0.4, 0.5) is 0 Å². The second-order valence-corrected chi connectivity index (χ2v) is 7.40. The molecule has 4 heteroatoms. The predicted molar refractivity (Wildman–Crippen MR) is 74.9 cm³/mol. The highest BCUT2D eigenvalue weighted by atomic mass is 32.2. The summed E-state index contributed by atoms with van der Waals surface area (Å²) in [6, 6.07) is 8.51. The quantitative estimate of drug-likeness (QED) is 0.769. The molecule has 0 heterocycles. The maximum absolute atomic E-state index is 12.5. The molecule has 18 heavy (non-hydrogen) atoms. The van der Waals surface area contributed by atoms with Gasteiger partial charge in [-0.05, 0) is 17.5 Å². The first-order valence-corrected chi connectivity index (χ1v) is 7.37. The van der Waals surface area contributed by atoms with Gasteiger partial charge in [-0.3, -0.25) is 0 Å². The van der Waals surface area contributed by atoms with E-state index in [1.807, 2.05) is 20.8 Å².